The summed E-state index contributed by atoms with van der Waals surface area (Å²) in [7, 11) is 0. The Morgan fingerprint density at radius 3 is 2.78 bits per heavy atom. The molecular formula is C17H18O. The van der Waals surface area contributed by atoms with Crippen LogP contribution in [0.1, 0.15) is 36.6 Å². The molecule has 4 unspecified atom stereocenters. The van der Waals surface area contributed by atoms with Crippen LogP contribution in [0.2, 0.25) is 0 Å². The van der Waals surface area contributed by atoms with Gasteiger partial charge in [0.2, 0.25) is 0 Å². The fourth-order valence-corrected chi connectivity index (χ4v) is 3.45. The Kier molecular flexibility index (Phi) is 1.97. The molecule has 1 saturated heterocycles. The molecule has 3 aliphatic rings. The highest BCUT2D eigenvalue weighted by molar-refractivity contribution is 5.84. The lowest BCUT2D eigenvalue weighted by atomic mass is 9.73. The highest BCUT2D eigenvalue weighted by atomic mass is 16.6. The van der Waals surface area contributed by atoms with Gasteiger partial charge in [-0.3, -0.25) is 0 Å². The summed E-state index contributed by atoms with van der Waals surface area (Å²) in [6.07, 6.45) is 5.35. The van der Waals surface area contributed by atoms with Crippen LogP contribution in [0.15, 0.2) is 35.9 Å². The largest absolute Gasteiger partial charge is 0.360 e. The molecule has 0 N–H and O–H groups in total. The third-order valence-electron chi connectivity index (χ3n) is 4.76. The number of allylic oxidation sites excluding steroid dienone is 3. The van der Waals surface area contributed by atoms with Crippen molar-refractivity contribution >= 4 is 5.57 Å². The van der Waals surface area contributed by atoms with Crippen LogP contribution in [0, 0.1) is 18.8 Å². The number of aryl methyl sites for hydroxylation is 1. The van der Waals surface area contributed by atoms with E-state index in [-0.39, 0.29) is 0 Å². The molecule has 92 valence electrons. The molecule has 1 aromatic rings. The van der Waals surface area contributed by atoms with Gasteiger partial charge >= 0.3 is 0 Å². The van der Waals surface area contributed by atoms with Crippen LogP contribution in [0.5, 0.6) is 0 Å². The summed E-state index contributed by atoms with van der Waals surface area (Å²) in [6.45, 7) is 6.79. The lowest BCUT2D eigenvalue weighted by Gasteiger charge is -2.29. The van der Waals surface area contributed by atoms with Gasteiger partial charge in [0, 0.05) is 0 Å². The SMILES string of the molecule is Cc1ccc2c(c1)C1OC1C1=C2C=CC(C)C1C. The van der Waals surface area contributed by atoms with Crippen LogP contribution in [-0.4, -0.2) is 6.10 Å². The first-order chi connectivity index (χ1) is 8.66. The molecule has 0 spiro atoms. The smallest absolute Gasteiger partial charge is 0.114 e. The second kappa shape index (κ2) is 3.36. The zero-order chi connectivity index (χ0) is 12.4. The van der Waals surface area contributed by atoms with Crippen LogP contribution >= 0.6 is 0 Å². The predicted octanol–water partition coefficient (Wildman–Crippen LogP) is 4.04. The molecule has 1 aliphatic heterocycles. The van der Waals surface area contributed by atoms with Gasteiger partial charge in [0.05, 0.1) is 0 Å². The molecule has 0 saturated carbocycles. The predicted molar refractivity (Wildman–Crippen MR) is 73.2 cm³/mol. The van der Waals surface area contributed by atoms with Gasteiger partial charge in [-0.2, -0.15) is 0 Å². The van der Waals surface area contributed by atoms with Crippen molar-refractivity contribution in [1.82, 2.24) is 0 Å². The topological polar surface area (TPSA) is 12.5 Å². The lowest BCUT2D eigenvalue weighted by Crippen LogP contribution is -2.20. The van der Waals surface area contributed by atoms with Crippen LogP contribution in [0.4, 0.5) is 0 Å². The van der Waals surface area contributed by atoms with E-state index in [0.717, 1.165) is 0 Å². The van der Waals surface area contributed by atoms with E-state index in [1.807, 2.05) is 0 Å². The maximum absolute atomic E-state index is 5.96. The van der Waals surface area contributed by atoms with E-state index in [2.05, 4.69) is 51.1 Å². The van der Waals surface area contributed by atoms with E-state index in [0.29, 0.717) is 24.0 Å². The van der Waals surface area contributed by atoms with E-state index in [1.165, 1.54) is 27.8 Å². The fraction of sp³-hybridized carbons (Fsp3) is 0.412. The van der Waals surface area contributed by atoms with Gasteiger partial charge in [-0.05, 0) is 41.0 Å². The number of ether oxygens (including phenoxy) is 1. The van der Waals surface area contributed by atoms with Crippen molar-refractivity contribution < 1.29 is 4.74 Å². The molecule has 1 heteroatoms. The average molecular weight is 238 g/mol. The van der Waals surface area contributed by atoms with Gasteiger partial charge in [0.15, 0.2) is 0 Å². The van der Waals surface area contributed by atoms with Crippen LogP contribution < -0.4 is 0 Å². The number of benzene rings is 1. The molecule has 4 atom stereocenters. The Hall–Kier alpha value is -1.34. The minimum absolute atomic E-state index is 0.333. The molecule has 18 heavy (non-hydrogen) atoms. The Bertz CT molecular complexity index is 594. The summed E-state index contributed by atoms with van der Waals surface area (Å²) in [5, 5.41) is 0. The Labute approximate surface area is 108 Å². The molecule has 2 aliphatic carbocycles. The first kappa shape index (κ1) is 10.6. The summed E-state index contributed by atoms with van der Waals surface area (Å²) in [4.78, 5) is 0. The van der Waals surface area contributed by atoms with E-state index < -0.39 is 0 Å². The minimum atomic E-state index is 0.333. The van der Waals surface area contributed by atoms with Crippen molar-refractivity contribution in [2.24, 2.45) is 11.8 Å². The molecule has 1 aromatic carbocycles. The van der Waals surface area contributed by atoms with Crippen LogP contribution in [-0.2, 0) is 4.74 Å². The molecule has 1 fully saturated rings. The van der Waals surface area contributed by atoms with Crippen molar-refractivity contribution in [1.29, 1.82) is 0 Å². The quantitative estimate of drug-likeness (QED) is 0.621. The van der Waals surface area contributed by atoms with E-state index in [9.17, 15) is 0 Å². The number of epoxide rings is 1. The Morgan fingerprint density at radius 2 is 1.94 bits per heavy atom. The molecule has 1 nitrogen and oxygen atoms in total. The summed E-state index contributed by atoms with van der Waals surface area (Å²) in [6, 6.07) is 6.77. The van der Waals surface area contributed by atoms with E-state index >= 15 is 0 Å². The number of hydrogen-bond acceptors (Lipinski definition) is 1. The highest BCUT2D eigenvalue weighted by Gasteiger charge is 2.50. The normalized spacial score (nSPS) is 35.9. The van der Waals surface area contributed by atoms with E-state index in [4.69, 9.17) is 4.74 Å². The maximum atomic E-state index is 5.96. The molecule has 0 aromatic heterocycles. The zero-order valence-electron chi connectivity index (χ0n) is 11.1. The minimum Gasteiger partial charge on any atom is -0.360 e. The first-order valence-electron chi connectivity index (χ1n) is 6.85. The molecular weight excluding hydrogens is 220 g/mol. The molecule has 1 heterocycles. The monoisotopic (exact) mass is 238 g/mol. The van der Waals surface area contributed by atoms with E-state index in [1.54, 1.807) is 0 Å². The lowest BCUT2D eigenvalue weighted by molar-refractivity contribution is 0.374. The Balaban J connectivity index is 1.95. The van der Waals surface area contributed by atoms with Gasteiger partial charge < -0.3 is 4.74 Å². The van der Waals surface area contributed by atoms with Crippen molar-refractivity contribution in [3.05, 3.63) is 52.6 Å². The van der Waals surface area contributed by atoms with Crippen molar-refractivity contribution in [3.63, 3.8) is 0 Å². The summed E-state index contributed by atoms with van der Waals surface area (Å²) in [5.74, 6) is 1.23. The number of hydrogen-bond donors (Lipinski definition) is 0. The van der Waals surface area contributed by atoms with Crippen molar-refractivity contribution in [2.75, 3.05) is 0 Å². The zero-order valence-corrected chi connectivity index (χ0v) is 11.1. The standard InChI is InChI=1S/C17H18O/c1-9-4-6-12-13-7-5-10(2)11(3)15(13)17-16(18-17)14(12)8-9/h4-8,10-11,16-17H,1-3H3. The van der Waals surface area contributed by atoms with Crippen LogP contribution in [0.25, 0.3) is 5.57 Å². The van der Waals surface area contributed by atoms with Gasteiger partial charge in [0.1, 0.15) is 12.2 Å². The number of fused-ring (bicyclic) bond motifs is 5. The van der Waals surface area contributed by atoms with Gasteiger partial charge in [-0.1, -0.05) is 49.8 Å². The fourth-order valence-electron chi connectivity index (χ4n) is 3.45. The summed E-state index contributed by atoms with van der Waals surface area (Å²) < 4.78 is 5.96. The van der Waals surface area contributed by atoms with Gasteiger partial charge in [-0.25, -0.2) is 0 Å². The highest BCUT2D eigenvalue weighted by Crippen LogP contribution is 2.56. The van der Waals surface area contributed by atoms with Crippen molar-refractivity contribution in [2.45, 2.75) is 33.0 Å². The Morgan fingerprint density at radius 1 is 1.11 bits per heavy atom. The summed E-state index contributed by atoms with van der Waals surface area (Å²) >= 11 is 0. The molecule has 0 radical (unpaired) electrons. The van der Waals surface area contributed by atoms with Crippen LogP contribution in [0.3, 0.4) is 0 Å². The average Bonchev–Trinajstić information content (AvgIpc) is 3.13. The van der Waals surface area contributed by atoms with Gasteiger partial charge in [-0.15, -0.1) is 0 Å². The molecule has 0 bridgehead atoms. The summed E-state index contributed by atoms with van der Waals surface area (Å²) in [5.41, 5.74) is 7.07. The second-order valence-electron chi connectivity index (χ2n) is 5.94. The second-order valence-corrected chi connectivity index (χ2v) is 5.94. The third-order valence-corrected chi connectivity index (χ3v) is 4.76. The number of rotatable bonds is 0. The third kappa shape index (κ3) is 1.26. The molecule has 0 amide bonds. The first-order valence-corrected chi connectivity index (χ1v) is 6.85. The maximum Gasteiger partial charge on any atom is 0.114 e. The van der Waals surface area contributed by atoms with Crippen molar-refractivity contribution in [3.8, 4) is 0 Å². The molecule has 4 rings (SSSR count). The van der Waals surface area contributed by atoms with Gasteiger partial charge in [0.25, 0.3) is 0 Å².